The van der Waals surface area contributed by atoms with Gasteiger partial charge in [-0.3, -0.25) is 13.9 Å². The van der Waals surface area contributed by atoms with Gasteiger partial charge in [0.15, 0.2) is 0 Å². The highest BCUT2D eigenvalue weighted by Gasteiger charge is 2.16. The van der Waals surface area contributed by atoms with E-state index in [1.54, 1.807) is 9.13 Å². The van der Waals surface area contributed by atoms with Crippen molar-refractivity contribution in [2.45, 2.75) is 52.7 Å². The molecule has 2 aromatic carbocycles. The number of benzene rings is 2. The van der Waals surface area contributed by atoms with Crippen molar-refractivity contribution in [1.29, 1.82) is 0 Å². The molecular formula is C22H27N3O2. The van der Waals surface area contributed by atoms with E-state index < -0.39 is 0 Å². The Morgan fingerprint density at radius 2 is 1.67 bits per heavy atom. The number of aromatic nitrogens is 2. The van der Waals surface area contributed by atoms with Crippen molar-refractivity contribution in [2.75, 3.05) is 0 Å². The third-order valence-electron chi connectivity index (χ3n) is 4.87. The van der Waals surface area contributed by atoms with E-state index in [-0.39, 0.29) is 24.2 Å². The molecule has 1 atom stereocenters. The van der Waals surface area contributed by atoms with Crippen LogP contribution in [-0.2, 0) is 24.3 Å². The third-order valence-corrected chi connectivity index (χ3v) is 4.87. The lowest BCUT2D eigenvalue weighted by atomic mass is 10.0. The molecule has 27 heavy (non-hydrogen) atoms. The Labute approximate surface area is 159 Å². The summed E-state index contributed by atoms with van der Waals surface area (Å²) >= 11 is 0. The van der Waals surface area contributed by atoms with Gasteiger partial charge in [-0.25, -0.2) is 4.79 Å². The Morgan fingerprint density at radius 3 is 2.33 bits per heavy atom. The van der Waals surface area contributed by atoms with Gasteiger partial charge in [-0.05, 0) is 49.9 Å². The highest BCUT2D eigenvalue weighted by Crippen LogP contribution is 2.13. The number of carbonyl (C=O) groups excluding carboxylic acids is 1. The van der Waals surface area contributed by atoms with Crippen LogP contribution in [0.25, 0.3) is 11.0 Å². The van der Waals surface area contributed by atoms with E-state index in [2.05, 4.69) is 24.4 Å². The fraction of sp³-hybridized carbons (Fsp3) is 0.364. The second-order valence-corrected chi connectivity index (χ2v) is 7.11. The average molecular weight is 365 g/mol. The molecule has 0 aliphatic carbocycles. The topological polar surface area (TPSA) is 56.0 Å². The number of nitrogens with one attached hydrogen (secondary N) is 1. The van der Waals surface area contributed by atoms with Crippen LogP contribution in [0.5, 0.6) is 0 Å². The van der Waals surface area contributed by atoms with Gasteiger partial charge in [0, 0.05) is 12.6 Å². The summed E-state index contributed by atoms with van der Waals surface area (Å²) < 4.78 is 3.32. The summed E-state index contributed by atoms with van der Waals surface area (Å²) in [6, 6.07) is 15.8. The summed E-state index contributed by atoms with van der Waals surface area (Å²) in [5.74, 6) is -0.141. The molecule has 1 N–H and O–H groups in total. The summed E-state index contributed by atoms with van der Waals surface area (Å²) in [7, 11) is 0. The summed E-state index contributed by atoms with van der Waals surface area (Å²) in [5.41, 5.74) is 4.00. The molecule has 0 aliphatic rings. The van der Waals surface area contributed by atoms with Gasteiger partial charge < -0.3 is 5.32 Å². The standard InChI is InChI=1S/C22H27N3O2/c1-4-13-24-19-11-7-8-12-20(19)25(22(24)27)15-21(26)23-17(3)14-18-10-6-5-9-16(18)2/h5-12,17H,4,13-15H2,1-3H3,(H,23,26)/t17-/m1/s1. The average Bonchev–Trinajstić information content (AvgIpc) is 2.90. The monoisotopic (exact) mass is 365 g/mol. The van der Waals surface area contributed by atoms with Crippen LogP contribution in [-0.4, -0.2) is 21.1 Å². The molecule has 0 fully saturated rings. The maximum atomic E-state index is 12.8. The molecule has 0 unspecified atom stereocenters. The molecular weight excluding hydrogens is 338 g/mol. The number of amides is 1. The lowest BCUT2D eigenvalue weighted by molar-refractivity contribution is -0.122. The lowest BCUT2D eigenvalue weighted by Gasteiger charge is -2.15. The smallest absolute Gasteiger partial charge is 0.329 e. The lowest BCUT2D eigenvalue weighted by Crippen LogP contribution is -2.38. The number of aryl methyl sites for hydroxylation is 2. The Morgan fingerprint density at radius 1 is 1.04 bits per heavy atom. The van der Waals surface area contributed by atoms with Gasteiger partial charge >= 0.3 is 5.69 Å². The SMILES string of the molecule is CCCn1c(=O)n(CC(=O)N[C@H](C)Cc2ccccc2C)c2ccccc21. The first-order valence-electron chi connectivity index (χ1n) is 9.53. The quantitative estimate of drug-likeness (QED) is 0.699. The van der Waals surface area contributed by atoms with Gasteiger partial charge in [0.2, 0.25) is 5.91 Å². The molecule has 1 aromatic heterocycles. The number of carbonyl (C=O) groups is 1. The number of fused-ring (bicyclic) bond motifs is 1. The van der Waals surface area contributed by atoms with Crippen molar-refractivity contribution in [3.05, 3.63) is 70.1 Å². The molecule has 1 heterocycles. The van der Waals surface area contributed by atoms with Crippen molar-refractivity contribution in [3.8, 4) is 0 Å². The van der Waals surface area contributed by atoms with Gasteiger partial charge in [-0.1, -0.05) is 43.3 Å². The molecule has 0 bridgehead atoms. The number of imidazole rings is 1. The molecule has 0 aliphatic heterocycles. The van der Waals surface area contributed by atoms with E-state index in [1.165, 1.54) is 11.1 Å². The second kappa shape index (κ2) is 8.25. The first-order valence-corrected chi connectivity index (χ1v) is 9.53. The van der Waals surface area contributed by atoms with Crippen molar-refractivity contribution in [2.24, 2.45) is 0 Å². The van der Waals surface area contributed by atoms with E-state index in [1.807, 2.05) is 50.2 Å². The van der Waals surface area contributed by atoms with Crippen LogP contribution in [0.1, 0.15) is 31.4 Å². The van der Waals surface area contributed by atoms with Gasteiger partial charge in [0.25, 0.3) is 0 Å². The number of para-hydroxylation sites is 2. The predicted molar refractivity (Wildman–Crippen MR) is 109 cm³/mol. The molecule has 0 saturated heterocycles. The van der Waals surface area contributed by atoms with Gasteiger partial charge in [0.1, 0.15) is 6.54 Å². The molecule has 142 valence electrons. The molecule has 3 rings (SSSR count). The van der Waals surface area contributed by atoms with Gasteiger partial charge in [-0.2, -0.15) is 0 Å². The van der Waals surface area contributed by atoms with E-state index in [0.29, 0.717) is 6.54 Å². The number of rotatable bonds is 7. The third kappa shape index (κ3) is 4.13. The summed E-state index contributed by atoms with van der Waals surface area (Å²) in [5, 5.41) is 3.03. The van der Waals surface area contributed by atoms with Crippen LogP contribution in [0.15, 0.2) is 53.3 Å². The van der Waals surface area contributed by atoms with Crippen LogP contribution in [0.2, 0.25) is 0 Å². The highest BCUT2D eigenvalue weighted by molar-refractivity contribution is 5.81. The minimum atomic E-state index is -0.141. The molecule has 5 nitrogen and oxygen atoms in total. The van der Waals surface area contributed by atoms with Crippen LogP contribution in [0.3, 0.4) is 0 Å². The first-order chi connectivity index (χ1) is 13.0. The maximum Gasteiger partial charge on any atom is 0.329 e. The fourth-order valence-corrected chi connectivity index (χ4v) is 3.55. The zero-order valence-corrected chi connectivity index (χ0v) is 16.2. The van der Waals surface area contributed by atoms with E-state index in [0.717, 1.165) is 23.9 Å². The van der Waals surface area contributed by atoms with E-state index in [9.17, 15) is 9.59 Å². The zero-order chi connectivity index (χ0) is 19.4. The molecule has 0 radical (unpaired) electrons. The Kier molecular flexibility index (Phi) is 5.79. The highest BCUT2D eigenvalue weighted by atomic mass is 16.2. The molecule has 3 aromatic rings. The largest absolute Gasteiger partial charge is 0.352 e. The van der Waals surface area contributed by atoms with Gasteiger partial charge in [0.05, 0.1) is 11.0 Å². The van der Waals surface area contributed by atoms with Crippen molar-refractivity contribution in [3.63, 3.8) is 0 Å². The van der Waals surface area contributed by atoms with Crippen LogP contribution in [0, 0.1) is 6.92 Å². The summed E-state index contributed by atoms with van der Waals surface area (Å²) in [4.78, 5) is 25.4. The summed E-state index contributed by atoms with van der Waals surface area (Å²) in [6.45, 7) is 6.80. The number of hydrogen-bond donors (Lipinski definition) is 1. The van der Waals surface area contributed by atoms with Crippen molar-refractivity contribution in [1.82, 2.24) is 14.5 Å². The van der Waals surface area contributed by atoms with E-state index in [4.69, 9.17) is 0 Å². The number of hydrogen-bond acceptors (Lipinski definition) is 2. The molecule has 0 spiro atoms. The van der Waals surface area contributed by atoms with Crippen molar-refractivity contribution < 1.29 is 4.79 Å². The normalized spacial score (nSPS) is 12.3. The Balaban J connectivity index is 1.75. The van der Waals surface area contributed by atoms with E-state index >= 15 is 0 Å². The molecule has 0 saturated carbocycles. The van der Waals surface area contributed by atoms with Crippen LogP contribution in [0.4, 0.5) is 0 Å². The first kappa shape index (κ1) is 19.0. The minimum Gasteiger partial charge on any atom is -0.352 e. The van der Waals surface area contributed by atoms with Crippen LogP contribution < -0.4 is 11.0 Å². The predicted octanol–water partition coefficient (Wildman–Crippen LogP) is 3.27. The molecule has 5 heteroatoms. The maximum absolute atomic E-state index is 12.8. The minimum absolute atomic E-state index is 0.00158. The summed E-state index contributed by atoms with van der Waals surface area (Å²) in [6.07, 6.45) is 1.64. The number of nitrogens with zero attached hydrogens (tertiary/aromatic N) is 2. The Hall–Kier alpha value is -2.82. The zero-order valence-electron chi connectivity index (χ0n) is 16.2. The Bertz CT molecular complexity index is 1000. The fourth-order valence-electron chi connectivity index (χ4n) is 3.55. The van der Waals surface area contributed by atoms with Crippen molar-refractivity contribution >= 4 is 16.9 Å². The van der Waals surface area contributed by atoms with Crippen LogP contribution >= 0.6 is 0 Å². The second-order valence-electron chi connectivity index (χ2n) is 7.11. The van der Waals surface area contributed by atoms with Gasteiger partial charge in [-0.15, -0.1) is 0 Å². The molecule has 1 amide bonds.